The molecule has 1 aromatic rings. The van der Waals surface area contributed by atoms with Gasteiger partial charge in [0.2, 0.25) is 6.41 Å². The van der Waals surface area contributed by atoms with Gasteiger partial charge in [0.15, 0.2) is 0 Å². The predicted molar refractivity (Wildman–Crippen MR) is 112 cm³/mol. The van der Waals surface area contributed by atoms with Crippen LogP contribution in [0, 0.1) is 0 Å². The summed E-state index contributed by atoms with van der Waals surface area (Å²) >= 11 is 0. The lowest BCUT2D eigenvalue weighted by atomic mass is 10.2. The van der Waals surface area contributed by atoms with E-state index in [0.717, 1.165) is 11.4 Å². The second kappa shape index (κ2) is 17.5. The SMILES string of the molecule is CC.CNCCOCCOCCO.O=CNc1ccc(N2C(=O)C=CC2=O)cc1. The Labute approximate surface area is 171 Å². The number of imide groups is 1. The van der Waals surface area contributed by atoms with Crippen LogP contribution in [0.4, 0.5) is 11.4 Å². The van der Waals surface area contributed by atoms with Crippen LogP contribution >= 0.6 is 0 Å². The Morgan fingerprint density at radius 3 is 2.00 bits per heavy atom. The Morgan fingerprint density at radius 2 is 1.52 bits per heavy atom. The number of nitrogens with zero attached hydrogens (tertiary/aromatic N) is 1. The molecule has 0 aliphatic carbocycles. The standard InChI is InChI=1S/C11H8N2O3.C7H17NO3.C2H6/c14-7-12-8-1-3-9(4-2-8)13-10(15)5-6-11(13)16;1-8-2-4-10-6-7-11-5-3-9;1-2/h1-7H,(H,12,14);8-9H,2-7H2,1H3;1-2H3. The van der Waals surface area contributed by atoms with E-state index in [4.69, 9.17) is 14.6 Å². The van der Waals surface area contributed by atoms with Gasteiger partial charge in [-0.3, -0.25) is 14.4 Å². The molecule has 0 bridgehead atoms. The minimum absolute atomic E-state index is 0.0799. The molecule has 2 rings (SSSR count). The molecular weight excluding hydrogens is 378 g/mol. The normalized spacial score (nSPS) is 12.1. The smallest absolute Gasteiger partial charge is 0.258 e. The van der Waals surface area contributed by atoms with E-state index in [-0.39, 0.29) is 18.4 Å². The molecule has 1 aliphatic rings. The summed E-state index contributed by atoms with van der Waals surface area (Å²) in [7, 11) is 1.88. The highest BCUT2D eigenvalue weighted by molar-refractivity contribution is 6.28. The van der Waals surface area contributed by atoms with E-state index in [1.807, 2.05) is 20.9 Å². The van der Waals surface area contributed by atoms with Crippen molar-refractivity contribution in [3.05, 3.63) is 36.4 Å². The molecule has 3 N–H and O–H groups in total. The Hall–Kier alpha value is -2.59. The molecular formula is C20H31N3O6. The number of likely N-dealkylation sites (N-methyl/N-ethyl adjacent to an activating group) is 1. The van der Waals surface area contributed by atoms with E-state index in [1.54, 1.807) is 24.3 Å². The molecule has 162 valence electrons. The molecule has 1 aromatic carbocycles. The van der Waals surface area contributed by atoms with E-state index < -0.39 is 0 Å². The molecule has 0 fully saturated rings. The van der Waals surface area contributed by atoms with E-state index in [1.165, 1.54) is 12.2 Å². The average molecular weight is 409 g/mol. The lowest BCUT2D eigenvalue weighted by Gasteiger charge is -2.13. The number of nitrogens with one attached hydrogen (secondary N) is 2. The second-order valence-corrected chi connectivity index (χ2v) is 5.21. The number of anilines is 2. The topological polar surface area (TPSA) is 117 Å². The number of carbonyl (C=O) groups excluding carboxylic acids is 3. The summed E-state index contributed by atoms with van der Waals surface area (Å²) in [6, 6.07) is 6.41. The van der Waals surface area contributed by atoms with Crippen molar-refractivity contribution >= 4 is 29.6 Å². The van der Waals surface area contributed by atoms with Crippen molar-refractivity contribution in [2.45, 2.75) is 13.8 Å². The van der Waals surface area contributed by atoms with Gasteiger partial charge in [0.1, 0.15) is 0 Å². The molecule has 9 nitrogen and oxygen atoms in total. The highest BCUT2D eigenvalue weighted by Crippen LogP contribution is 2.20. The van der Waals surface area contributed by atoms with Crippen molar-refractivity contribution in [2.75, 3.05) is 56.8 Å². The van der Waals surface area contributed by atoms with Gasteiger partial charge in [0, 0.05) is 24.4 Å². The zero-order valence-electron chi connectivity index (χ0n) is 17.2. The number of aliphatic hydroxyl groups is 1. The monoisotopic (exact) mass is 409 g/mol. The second-order valence-electron chi connectivity index (χ2n) is 5.21. The van der Waals surface area contributed by atoms with Crippen LogP contribution < -0.4 is 15.5 Å². The third kappa shape index (κ3) is 11.1. The van der Waals surface area contributed by atoms with Gasteiger partial charge in [-0.15, -0.1) is 0 Å². The van der Waals surface area contributed by atoms with Gasteiger partial charge in [-0.25, -0.2) is 4.90 Å². The highest BCUT2D eigenvalue weighted by atomic mass is 16.5. The maximum absolute atomic E-state index is 11.3. The molecule has 9 heteroatoms. The number of rotatable bonds is 11. The number of carbonyl (C=O) groups is 3. The third-order valence-corrected chi connectivity index (χ3v) is 3.26. The first-order chi connectivity index (χ1) is 14.1. The molecule has 0 saturated carbocycles. The van der Waals surface area contributed by atoms with E-state index in [2.05, 4.69) is 10.6 Å². The predicted octanol–water partition coefficient (Wildman–Crippen LogP) is 0.942. The van der Waals surface area contributed by atoms with Gasteiger partial charge in [0.25, 0.3) is 11.8 Å². The van der Waals surface area contributed by atoms with Crippen LogP contribution in [0.15, 0.2) is 36.4 Å². The molecule has 0 saturated heterocycles. The molecule has 0 radical (unpaired) electrons. The zero-order chi connectivity index (χ0) is 21.9. The fourth-order valence-electron chi connectivity index (χ4n) is 1.99. The van der Waals surface area contributed by atoms with Crippen LogP contribution in [0.2, 0.25) is 0 Å². The largest absolute Gasteiger partial charge is 0.394 e. The molecule has 0 spiro atoms. The zero-order valence-corrected chi connectivity index (χ0v) is 17.2. The van der Waals surface area contributed by atoms with Gasteiger partial charge in [-0.1, -0.05) is 13.8 Å². The molecule has 1 heterocycles. The van der Waals surface area contributed by atoms with Crippen LogP contribution in [-0.2, 0) is 23.9 Å². The third-order valence-electron chi connectivity index (χ3n) is 3.26. The average Bonchev–Trinajstić information content (AvgIpc) is 3.08. The fourth-order valence-corrected chi connectivity index (χ4v) is 1.99. The number of hydrogen-bond acceptors (Lipinski definition) is 7. The number of aliphatic hydroxyl groups excluding tert-OH is 1. The van der Waals surface area contributed by atoms with Crippen molar-refractivity contribution in [1.29, 1.82) is 0 Å². The molecule has 0 unspecified atom stereocenters. The van der Waals surface area contributed by atoms with Gasteiger partial charge in [-0.05, 0) is 31.3 Å². The van der Waals surface area contributed by atoms with Crippen molar-refractivity contribution in [3.63, 3.8) is 0 Å². The quantitative estimate of drug-likeness (QED) is 0.283. The van der Waals surface area contributed by atoms with E-state index in [9.17, 15) is 14.4 Å². The summed E-state index contributed by atoms with van der Waals surface area (Å²) in [5.41, 5.74) is 1.09. The summed E-state index contributed by atoms with van der Waals surface area (Å²) in [6.45, 7) is 7.21. The fraction of sp³-hybridized carbons (Fsp3) is 0.450. The van der Waals surface area contributed by atoms with Crippen molar-refractivity contribution in [1.82, 2.24) is 5.32 Å². The lowest BCUT2D eigenvalue weighted by molar-refractivity contribution is -0.120. The Balaban J connectivity index is 0.000000532. The van der Waals surface area contributed by atoms with Crippen LogP contribution in [-0.4, -0.2) is 70.0 Å². The summed E-state index contributed by atoms with van der Waals surface area (Å²) in [5, 5.41) is 13.8. The van der Waals surface area contributed by atoms with Gasteiger partial charge in [-0.2, -0.15) is 0 Å². The first kappa shape index (κ1) is 26.4. The maximum Gasteiger partial charge on any atom is 0.258 e. The highest BCUT2D eigenvalue weighted by Gasteiger charge is 2.24. The molecule has 0 atom stereocenters. The molecule has 29 heavy (non-hydrogen) atoms. The van der Waals surface area contributed by atoms with Gasteiger partial charge < -0.3 is 25.2 Å². The lowest BCUT2D eigenvalue weighted by Crippen LogP contribution is -2.29. The minimum atomic E-state index is -0.360. The summed E-state index contributed by atoms with van der Waals surface area (Å²) in [5.74, 6) is -0.720. The van der Waals surface area contributed by atoms with Gasteiger partial charge >= 0.3 is 0 Å². The Kier molecular flexibility index (Phi) is 15.9. The van der Waals surface area contributed by atoms with Crippen molar-refractivity contribution in [2.24, 2.45) is 0 Å². The van der Waals surface area contributed by atoms with Crippen LogP contribution in [0.3, 0.4) is 0 Å². The molecule has 0 aromatic heterocycles. The summed E-state index contributed by atoms with van der Waals surface area (Å²) in [6.07, 6.45) is 3.00. The Morgan fingerprint density at radius 1 is 0.966 bits per heavy atom. The number of benzene rings is 1. The Bertz CT molecular complexity index is 593. The number of amides is 3. The first-order valence-corrected chi connectivity index (χ1v) is 9.41. The van der Waals surface area contributed by atoms with Crippen molar-refractivity contribution < 1.29 is 29.0 Å². The van der Waals surface area contributed by atoms with E-state index in [0.29, 0.717) is 44.2 Å². The van der Waals surface area contributed by atoms with Crippen LogP contribution in [0.5, 0.6) is 0 Å². The summed E-state index contributed by atoms with van der Waals surface area (Å²) < 4.78 is 10.1. The summed E-state index contributed by atoms with van der Waals surface area (Å²) in [4.78, 5) is 33.9. The van der Waals surface area contributed by atoms with Crippen LogP contribution in [0.25, 0.3) is 0 Å². The number of ether oxygens (including phenoxy) is 2. The molecule has 3 amide bonds. The van der Waals surface area contributed by atoms with Crippen molar-refractivity contribution in [3.8, 4) is 0 Å². The van der Waals surface area contributed by atoms with Gasteiger partial charge in [0.05, 0.1) is 38.7 Å². The van der Waals surface area contributed by atoms with Crippen LogP contribution in [0.1, 0.15) is 13.8 Å². The minimum Gasteiger partial charge on any atom is -0.394 e. The number of hydrogen-bond donors (Lipinski definition) is 3. The molecule has 1 aliphatic heterocycles. The van der Waals surface area contributed by atoms with E-state index >= 15 is 0 Å². The maximum atomic E-state index is 11.3. The first-order valence-electron chi connectivity index (χ1n) is 9.41.